The van der Waals surface area contributed by atoms with Gasteiger partial charge in [-0.05, 0) is 75.2 Å². The molecule has 0 rings (SSSR count). The molecule has 0 aromatic heterocycles. The van der Waals surface area contributed by atoms with Gasteiger partial charge in [0.2, 0.25) is 47.3 Å². The largest absolute Gasteiger partial charge is 0.481 e. The molecule has 0 unspecified atom stereocenters. The van der Waals surface area contributed by atoms with Crippen LogP contribution in [0, 0.1) is 23.7 Å². The van der Waals surface area contributed by atoms with Crippen molar-refractivity contribution in [3.05, 3.63) is 0 Å². The van der Waals surface area contributed by atoms with Gasteiger partial charge < -0.3 is 69.7 Å². The van der Waals surface area contributed by atoms with Crippen LogP contribution < -0.4 is 54.4 Å². The molecule has 8 amide bonds. The molecular weight excluding hydrogens is 853 g/mol. The molecule has 0 fully saturated rings. The van der Waals surface area contributed by atoms with Gasteiger partial charge in [-0.25, -0.2) is 4.79 Å². The number of primary amides is 1. The highest BCUT2D eigenvalue weighted by Crippen LogP contribution is 2.15. The number of aliphatic hydroxyl groups is 1. The van der Waals surface area contributed by atoms with Crippen LogP contribution in [0.25, 0.3) is 0 Å². The number of hydrogen-bond donors (Lipinski definition) is 13. The Labute approximate surface area is 381 Å². The van der Waals surface area contributed by atoms with Crippen molar-refractivity contribution in [3.8, 4) is 0 Å². The average Bonchev–Trinajstić information content (AvgIpc) is 3.20. The van der Waals surface area contributed by atoms with E-state index in [0.717, 1.165) is 0 Å². The smallest absolute Gasteiger partial charge is 0.326 e. The summed E-state index contributed by atoms with van der Waals surface area (Å²) in [4.78, 5) is 130. The SMILES string of the molecule is CC[C@H](C)[C@H](NC(=O)[C@H](CC(C)C)NC(=O)[C@H](CCC(=O)O)NC(=O)[C@H](CC(N)=O)NC(=O)[C@@H](N)CO)C(=O)N[C@@H](CC(C)C)C(=O)N[C@@H](CC(C)C)C(=O)N[C@@H](CCCCN)C(=O)O. The summed E-state index contributed by atoms with van der Waals surface area (Å²) < 4.78 is 0. The zero-order chi connectivity index (χ0) is 50.1. The van der Waals surface area contributed by atoms with Gasteiger partial charge in [-0.2, -0.15) is 0 Å². The fraction of sp³-hybridized carbons (Fsp3) is 0.762. The van der Waals surface area contributed by atoms with E-state index in [9.17, 15) is 63.3 Å². The maximum Gasteiger partial charge on any atom is 0.326 e. The van der Waals surface area contributed by atoms with E-state index < -0.39 is 139 Å². The van der Waals surface area contributed by atoms with Crippen molar-refractivity contribution >= 4 is 59.2 Å². The summed E-state index contributed by atoms with van der Waals surface area (Å²) in [5.41, 5.74) is 16.3. The third kappa shape index (κ3) is 23.9. The molecule has 0 bridgehead atoms. The summed E-state index contributed by atoms with van der Waals surface area (Å²) in [5, 5.41) is 45.9. The highest BCUT2D eigenvalue weighted by atomic mass is 16.4. The van der Waals surface area contributed by atoms with Crippen molar-refractivity contribution < 1.29 is 63.3 Å². The summed E-state index contributed by atoms with van der Waals surface area (Å²) >= 11 is 0. The maximum atomic E-state index is 14.1. The van der Waals surface area contributed by atoms with Crippen LogP contribution in [-0.2, 0) is 47.9 Å². The fourth-order valence-electron chi connectivity index (χ4n) is 6.47. The van der Waals surface area contributed by atoms with Gasteiger partial charge in [-0.1, -0.05) is 61.8 Å². The first-order valence-electron chi connectivity index (χ1n) is 22.2. The first kappa shape index (κ1) is 59.6. The Bertz CT molecular complexity index is 1610. The Morgan fingerprint density at radius 2 is 0.923 bits per heavy atom. The van der Waals surface area contributed by atoms with Crippen LogP contribution in [0.15, 0.2) is 0 Å². The van der Waals surface area contributed by atoms with Gasteiger partial charge in [0.05, 0.1) is 13.0 Å². The van der Waals surface area contributed by atoms with Crippen LogP contribution in [0.1, 0.15) is 120 Å². The zero-order valence-electron chi connectivity index (χ0n) is 39.1. The number of carboxylic acid groups (broad SMARTS) is 2. The van der Waals surface area contributed by atoms with E-state index in [0.29, 0.717) is 25.8 Å². The van der Waals surface area contributed by atoms with Gasteiger partial charge in [0.1, 0.15) is 48.3 Å². The van der Waals surface area contributed by atoms with Gasteiger partial charge in [0.15, 0.2) is 0 Å². The molecule has 0 aliphatic heterocycles. The van der Waals surface area contributed by atoms with Crippen LogP contribution >= 0.6 is 0 Å². The van der Waals surface area contributed by atoms with Crippen LogP contribution in [0.4, 0.5) is 0 Å². The summed E-state index contributed by atoms with van der Waals surface area (Å²) in [5.74, 6) is -10.8. The second-order valence-electron chi connectivity index (χ2n) is 17.6. The van der Waals surface area contributed by atoms with Gasteiger partial charge in [0.25, 0.3) is 0 Å². The third-order valence-electron chi connectivity index (χ3n) is 10.2. The lowest BCUT2D eigenvalue weighted by Gasteiger charge is -2.30. The lowest BCUT2D eigenvalue weighted by atomic mass is 9.95. The normalized spacial score (nSPS) is 15.5. The Kier molecular flexibility index (Phi) is 28.1. The Morgan fingerprint density at radius 3 is 1.32 bits per heavy atom. The Hall–Kier alpha value is -5.42. The van der Waals surface area contributed by atoms with Crippen molar-refractivity contribution in [2.45, 2.75) is 168 Å². The van der Waals surface area contributed by atoms with Gasteiger partial charge in [-0.15, -0.1) is 0 Å². The summed E-state index contributed by atoms with van der Waals surface area (Å²) in [6.45, 7) is 13.7. The van der Waals surface area contributed by atoms with Gasteiger partial charge in [0, 0.05) is 6.42 Å². The van der Waals surface area contributed by atoms with E-state index >= 15 is 0 Å². The van der Waals surface area contributed by atoms with Crippen molar-refractivity contribution in [1.82, 2.24) is 37.2 Å². The second-order valence-corrected chi connectivity index (χ2v) is 17.6. The van der Waals surface area contributed by atoms with Crippen LogP contribution in [0.2, 0.25) is 0 Å². The van der Waals surface area contributed by atoms with Crippen molar-refractivity contribution in [2.24, 2.45) is 40.9 Å². The highest BCUT2D eigenvalue weighted by Gasteiger charge is 2.36. The molecule has 0 aliphatic carbocycles. The van der Waals surface area contributed by atoms with Gasteiger partial charge in [-0.3, -0.25) is 43.2 Å². The molecule has 65 heavy (non-hydrogen) atoms. The van der Waals surface area contributed by atoms with E-state index in [1.54, 1.807) is 27.7 Å². The topological polar surface area (TPSA) is 394 Å². The number of nitrogens with one attached hydrogen (secondary N) is 7. The molecule has 0 aromatic carbocycles. The molecule has 0 radical (unpaired) electrons. The maximum absolute atomic E-state index is 14.1. The summed E-state index contributed by atoms with van der Waals surface area (Å²) in [7, 11) is 0. The number of nitrogens with two attached hydrogens (primary N) is 3. The number of rotatable bonds is 33. The number of carbonyl (C=O) groups is 10. The number of carboxylic acids is 2. The first-order chi connectivity index (χ1) is 30.3. The minimum atomic E-state index is -1.68. The lowest BCUT2D eigenvalue weighted by molar-refractivity contribution is -0.142. The quantitative estimate of drug-likeness (QED) is 0.0312. The summed E-state index contributed by atoms with van der Waals surface area (Å²) in [6, 6.07) is -11.0. The minimum Gasteiger partial charge on any atom is -0.481 e. The molecule has 0 heterocycles. The molecule has 0 saturated carbocycles. The lowest BCUT2D eigenvalue weighted by Crippen LogP contribution is -2.61. The van der Waals surface area contributed by atoms with Crippen LogP contribution in [-0.4, -0.2) is 136 Å². The van der Waals surface area contributed by atoms with Crippen molar-refractivity contribution in [3.63, 3.8) is 0 Å². The van der Waals surface area contributed by atoms with Crippen molar-refractivity contribution in [1.29, 1.82) is 0 Å². The number of aliphatic hydroxyl groups excluding tert-OH is 1. The van der Waals surface area contributed by atoms with Gasteiger partial charge >= 0.3 is 11.9 Å². The molecule has 0 aromatic rings. The monoisotopic (exact) mass is 929 g/mol. The molecule has 16 N–H and O–H groups in total. The molecule has 0 aliphatic rings. The Balaban J connectivity index is 6.59. The van der Waals surface area contributed by atoms with Crippen molar-refractivity contribution in [2.75, 3.05) is 13.2 Å². The van der Waals surface area contributed by atoms with E-state index in [2.05, 4.69) is 37.2 Å². The predicted molar refractivity (Wildman–Crippen MR) is 238 cm³/mol. The molecule has 372 valence electrons. The van der Waals surface area contributed by atoms with E-state index in [1.165, 1.54) is 0 Å². The standard InChI is InChI=1S/C42H76N10O13/c1-9-24(8)34(41(63)51-29(17-22(4)5)38(60)50-28(16-21(2)3)37(59)47-27(42(64)65)12-10-11-15-43)52-40(62)30(18-23(6)7)49-36(58)26(13-14-33(55)56)46-39(61)31(19-32(45)54)48-35(57)25(44)20-53/h21-31,34,53H,9-20,43-44H2,1-8H3,(H2,45,54)(H,46,61)(H,47,59)(H,48,57)(H,49,58)(H,50,60)(H,51,63)(H,52,62)(H,55,56)(H,64,65)/t24-,25-,26-,27-,28-,29-,30-,31-,34-/m0/s1. The third-order valence-corrected chi connectivity index (χ3v) is 10.2. The Morgan fingerprint density at radius 1 is 0.523 bits per heavy atom. The number of amides is 8. The number of unbranched alkanes of at least 4 members (excludes halogenated alkanes) is 1. The second kappa shape index (κ2) is 30.7. The fourth-order valence-corrected chi connectivity index (χ4v) is 6.47. The minimum absolute atomic E-state index is 0.00113. The number of carbonyl (C=O) groups excluding carboxylic acids is 8. The first-order valence-corrected chi connectivity index (χ1v) is 22.2. The van der Waals surface area contributed by atoms with Crippen LogP contribution in [0.5, 0.6) is 0 Å². The molecule has 0 spiro atoms. The van der Waals surface area contributed by atoms with Crippen LogP contribution in [0.3, 0.4) is 0 Å². The molecular formula is C42H76N10O13. The number of aliphatic carboxylic acids is 2. The van der Waals surface area contributed by atoms with E-state index in [1.807, 2.05) is 27.7 Å². The predicted octanol–water partition coefficient (Wildman–Crippen LogP) is -2.16. The highest BCUT2D eigenvalue weighted by molar-refractivity contribution is 5.98. The molecule has 9 atom stereocenters. The molecule has 23 nitrogen and oxygen atoms in total. The average molecular weight is 929 g/mol. The molecule has 0 saturated heterocycles. The summed E-state index contributed by atoms with van der Waals surface area (Å²) in [6.07, 6.45) is -0.135. The van der Waals surface area contributed by atoms with E-state index in [-0.39, 0.29) is 43.4 Å². The zero-order valence-corrected chi connectivity index (χ0v) is 39.1. The molecule has 23 heteroatoms. The number of hydrogen-bond acceptors (Lipinski definition) is 13. The van der Waals surface area contributed by atoms with E-state index in [4.69, 9.17) is 17.2 Å².